The van der Waals surface area contributed by atoms with Crippen LogP contribution >= 0.6 is 11.8 Å². The first-order valence-electron chi connectivity index (χ1n) is 5.57. The number of thioether (sulfide) groups is 1. The lowest BCUT2D eigenvalue weighted by Crippen LogP contribution is -2.33. The molecule has 19 heavy (non-hydrogen) atoms. The summed E-state index contributed by atoms with van der Waals surface area (Å²) < 4.78 is 30.5. The third kappa shape index (κ3) is 9.35. The van der Waals surface area contributed by atoms with Crippen molar-refractivity contribution in [3.63, 3.8) is 0 Å². The van der Waals surface area contributed by atoms with Gasteiger partial charge in [-0.05, 0) is 20.8 Å². The number of carbonyl (C=O) groups is 1. The van der Waals surface area contributed by atoms with Crippen molar-refractivity contribution in [3.8, 4) is 0 Å². The number of amides is 1. The second-order valence-electron chi connectivity index (χ2n) is 4.97. The van der Waals surface area contributed by atoms with Gasteiger partial charge in [0.05, 0.1) is 12.2 Å². The van der Waals surface area contributed by atoms with Crippen LogP contribution in [0.15, 0.2) is 22.6 Å². The van der Waals surface area contributed by atoms with Crippen LogP contribution in [0.5, 0.6) is 0 Å². The highest BCUT2D eigenvalue weighted by atomic mass is 32.2. The Kier molecular flexibility index (Phi) is 6.35. The SMILES string of the molecule is C=C(CNC(=O)OC(C)(C)C)S/C=C(\N)C(C)(F)F. The van der Waals surface area contributed by atoms with Gasteiger partial charge in [-0.1, -0.05) is 18.3 Å². The summed E-state index contributed by atoms with van der Waals surface area (Å²) in [6, 6.07) is 0. The lowest BCUT2D eigenvalue weighted by molar-refractivity contribution is 0.0532. The number of nitrogens with two attached hydrogens (primary N) is 1. The maximum Gasteiger partial charge on any atom is 0.407 e. The number of ether oxygens (including phenoxy) is 1. The van der Waals surface area contributed by atoms with Gasteiger partial charge in [-0.15, -0.1) is 0 Å². The highest BCUT2D eigenvalue weighted by molar-refractivity contribution is 8.05. The predicted molar refractivity (Wildman–Crippen MR) is 73.9 cm³/mol. The molecular formula is C12H20F2N2O2S. The second kappa shape index (κ2) is 6.79. The van der Waals surface area contributed by atoms with Gasteiger partial charge in [-0.3, -0.25) is 0 Å². The van der Waals surface area contributed by atoms with Crippen molar-refractivity contribution in [3.05, 3.63) is 22.6 Å². The van der Waals surface area contributed by atoms with E-state index in [9.17, 15) is 13.6 Å². The quantitative estimate of drug-likeness (QED) is 0.817. The number of halogens is 2. The molecule has 1 amide bonds. The number of allylic oxidation sites excluding steroid dienone is 1. The summed E-state index contributed by atoms with van der Waals surface area (Å²) in [5, 5.41) is 3.57. The van der Waals surface area contributed by atoms with Gasteiger partial charge in [0.15, 0.2) is 0 Å². The van der Waals surface area contributed by atoms with E-state index in [2.05, 4.69) is 11.9 Å². The van der Waals surface area contributed by atoms with Crippen LogP contribution in [0.1, 0.15) is 27.7 Å². The average molecular weight is 294 g/mol. The maximum atomic E-state index is 12.7. The van der Waals surface area contributed by atoms with E-state index in [-0.39, 0.29) is 6.54 Å². The van der Waals surface area contributed by atoms with Gasteiger partial charge in [0.1, 0.15) is 5.60 Å². The Balaban J connectivity index is 4.12. The van der Waals surface area contributed by atoms with Crippen LogP contribution in [0.4, 0.5) is 13.6 Å². The predicted octanol–water partition coefficient (Wildman–Crippen LogP) is 3.21. The summed E-state index contributed by atoms with van der Waals surface area (Å²) in [6.45, 7) is 9.66. The molecule has 7 heteroatoms. The first kappa shape index (κ1) is 17.8. The van der Waals surface area contributed by atoms with E-state index in [0.717, 1.165) is 17.2 Å². The Morgan fingerprint density at radius 3 is 2.37 bits per heavy atom. The maximum absolute atomic E-state index is 12.7. The fourth-order valence-corrected chi connectivity index (χ4v) is 1.43. The largest absolute Gasteiger partial charge is 0.444 e. The number of alkyl halides is 2. The molecule has 0 aromatic heterocycles. The Hall–Kier alpha value is -1.24. The van der Waals surface area contributed by atoms with Crippen LogP contribution in [0.25, 0.3) is 0 Å². The summed E-state index contributed by atoms with van der Waals surface area (Å²) in [5.74, 6) is -3.06. The molecule has 0 saturated carbocycles. The number of hydrogen-bond donors (Lipinski definition) is 2. The van der Waals surface area contributed by atoms with Crippen LogP contribution in [-0.2, 0) is 4.74 Å². The second-order valence-corrected chi connectivity index (χ2v) is 6.02. The lowest BCUT2D eigenvalue weighted by Gasteiger charge is -2.19. The molecule has 0 fully saturated rings. The summed E-state index contributed by atoms with van der Waals surface area (Å²) in [6.07, 6.45) is -0.591. The number of rotatable bonds is 5. The van der Waals surface area contributed by atoms with Crippen LogP contribution in [-0.4, -0.2) is 24.2 Å². The van der Waals surface area contributed by atoms with Gasteiger partial charge in [0, 0.05) is 17.2 Å². The normalized spacial score (nSPS) is 13.1. The van der Waals surface area contributed by atoms with E-state index in [1.165, 1.54) is 0 Å². The van der Waals surface area contributed by atoms with Crippen LogP contribution in [0.3, 0.4) is 0 Å². The van der Waals surface area contributed by atoms with E-state index >= 15 is 0 Å². The number of alkyl carbamates (subject to hydrolysis) is 1. The van der Waals surface area contributed by atoms with E-state index in [4.69, 9.17) is 10.5 Å². The monoisotopic (exact) mass is 294 g/mol. The fourth-order valence-electron chi connectivity index (χ4n) is 0.777. The molecule has 0 bridgehead atoms. The third-order valence-corrected chi connectivity index (χ3v) is 2.54. The molecule has 0 aromatic rings. The Bertz CT molecular complexity index is 371. The van der Waals surface area contributed by atoms with Crippen molar-refractivity contribution >= 4 is 17.9 Å². The summed E-state index contributed by atoms with van der Waals surface area (Å²) in [7, 11) is 0. The zero-order valence-electron chi connectivity index (χ0n) is 11.5. The Morgan fingerprint density at radius 1 is 1.42 bits per heavy atom. The van der Waals surface area contributed by atoms with Crippen LogP contribution in [0, 0.1) is 0 Å². The van der Waals surface area contributed by atoms with Gasteiger partial charge in [0.2, 0.25) is 0 Å². The van der Waals surface area contributed by atoms with Crippen molar-refractivity contribution in [1.29, 1.82) is 0 Å². The van der Waals surface area contributed by atoms with Crippen LogP contribution < -0.4 is 11.1 Å². The van der Waals surface area contributed by atoms with Gasteiger partial charge in [-0.25, -0.2) is 13.6 Å². The third-order valence-electron chi connectivity index (χ3n) is 1.69. The van der Waals surface area contributed by atoms with Crippen molar-refractivity contribution in [2.75, 3.05) is 6.54 Å². The molecule has 0 rings (SSSR count). The molecule has 0 atom stereocenters. The molecule has 0 aliphatic heterocycles. The van der Waals surface area contributed by atoms with Crippen molar-refractivity contribution < 1.29 is 18.3 Å². The number of carbonyl (C=O) groups excluding carboxylic acids is 1. The molecule has 0 spiro atoms. The van der Waals surface area contributed by atoms with Crippen LogP contribution in [0.2, 0.25) is 0 Å². The molecule has 0 heterocycles. The smallest absolute Gasteiger partial charge is 0.407 e. The highest BCUT2D eigenvalue weighted by Crippen LogP contribution is 2.24. The minimum absolute atomic E-state index is 0.110. The van der Waals surface area contributed by atoms with Gasteiger partial charge < -0.3 is 15.8 Å². The molecule has 3 N–H and O–H groups in total. The van der Waals surface area contributed by atoms with Gasteiger partial charge in [0.25, 0.3) is 5.92 Å². The first-order valence-corrected chi connectivity index (χ1v) is 6.45. The van der Waals surface area contributed by atoms with E-state index < -0.39 is 23.3 Å². The van der Waals surface area contributed by atoms with Crippen molar-refractivity contribution in [2.24, 2.45) is 5.73 Å². The lowest BCUT2D eigenvalue weighted by atomic mass is 10.2. The summed E-state index contributed by atoms with van der Waals surface area (Å²) >= 11 is 0.940. The molecule has 110 valence electrons. The molecule has 4 nitrogen and oxygen atoms in total. The van der Waals surface area contributed by atoms with Gasteiger partial charge in [-0.2, -0.15) is 0 Å². The Morgan fingerprint density at radius 2 is 1.95 bits per heavy atom. The number of nitrogens with one attached hydrogen (secondary N) is 1. The first-order chi connectivity index (χ1) is 8.42. The summed E-state index contributed by atoms with van der Waals surface area (Å²) in [4.78, 5) is 11.8. The standard InChI is InChI=1S/C12H20F2N2O2S/c1-8(19-7-9(15)12(5,13)14)6-16-10(17)18-11(2,3)4/h7H,1,6,15H2,2-5H3,(H,16,17)/b9-7-. The zero-order chi connectivity index (χ0) is 15.3. The summed E-state index contributed by atoms with van der Waals surface area (Å²) in [5.41, 5.74) is 4.04. The molecule has 0 saturated heterocycles. The highest BCUT2D eigenvalue weighted by Gasteiger charge is 2.24. The molecule has 0 radical (unpaired) electrons. The molecule has 0 aromatic carbocycles. The van der Waals surface area contributed by atoms with E-state index in [0.29, 0.717) is 11.8 Å². The minimum atomic E-state index is -3.06. The van der Waals surface area contributed by atoms with E-state index in [1.54, 1.807) is 20.8 Å². The van der Waals surface area contributed by atoms with Gasteiger partial charge >= 0.3 is 6.09 Å². The Labute approximate surface area is 116 Å². The average Bonchev–Trinajstić information content (AvgIpc) is 2.19. The molecule has 0 aliphatic rings. The topological polar surface area (TPSA) is 64.3 Å². The molecule has 0 unspecified atom stereocenters. The van der Waals surface area contributed by atoms with Crippen molar-refractivity contribution in [2.45, 2.75) is 39.2 Å². The molecule has 0 aliphatic carbocycles. The fraction of sp³-hybridized carbons (Fsp3) is 0.583. The zero-order valence-corrected chi connectivity index (χ0v) is 12.4. The molecular weight excluding hydrogens is 274 g/mol. The number of hydrogen-bond acceptors (Lipinski definition) is 4. The van der Waals surface area contributed by atoms with E-state index in [1.807, 2.05) is 0 Å². The minimum Gasteiger partial charge on any atom is -0.444 e. The van der Waals surface area contributed by atoms with Crippen molar-refractivity contribution in [1.82, 2.24) is 5.32 Å².